The third-order valence-corrected chi connectivity index (χ3v) is 3.75. The molecule has 2 aromatic carbocycles. The van der Waals surface area contributed by atoms with E-state index in [-0.39, 0.29) is 16.6 Å². The van der Waals surface area contributed by atoms with Gasteiger partial charge in [0.2, 0.25) is 0 Å². The van der Waals surface area contributed by atoms with Crippen LogP contribution < -0.4 is 15.8 Å². The fourth-order valence-electron chi connectivity index (χ4n) is 2.57. The summed E-state index contributed by atoms with van der Waals surface area (Å²) in [6.45, 7) is 0.617. The highest BCUT2D eigenvalue weighted by Crippen LogP contribution is 2.35. The van der Waals surface area contributed by atoms with Crippen molar-refractivity contribution < 1.29 is 9.13 Å². The second-order valence-corrected chi connectivity index (χ2v) is 5.34. The average Bonchev–Trinajstić information content (AvgIpc) is 2.47. The minimum atomic E-state index is -0.409. The van der Waals surface area contributed by atoms with Crippen LogP contribution in [0.3, 0.4) is 0 Å². The van der Waals surface area contributed by atoms with Crippen LogP contribution in [0.4, 0.5) is 10.1 Å². The molecule has 3 nitrogen and oxygen atoms in total. The second-order valence-electron chi connectivity index (χ2n) is 4.90. The summed E-state index contributed by atoms with van der Waals surface area (Å²) in [6.07, 6.45) is 0.796. The molecule has 0 aromatic heterocycles. The molecule has 0 aliphatic carbocycles. The van der Waals surface area contributed by atoms with Crippen LogP contribution in [-0.4, -0.2) is 11.6 Å². The van der Waals surface area contributed by atoms with E-state index in [1.807, 2.05) is 24.3 Å². The Morgan fingerprint density at radius 3 is 2.86 bits per heavy atom. The number of halogens is 1. The molecule has 21 heavy (non-hydrogen) atoms. The van der Waals surface area contributed by atoms with Crippen LogP contribution in [0.5, 0.6) is 5.75 Å². The van der Waals surface area contributed by atoms with E-state index < -0.39 is 5.82 Å². The molecular weight excluding hydrogens is 287 g/mol. The molecule has 0 saturated carbocycles. The van der Waals surface area contributed by atoms with Gasteiger partial charge in [-0.05, 0) is 18.2 Å². The van der Waals surface area contributed by atoms with Gasteiger partial charge in [0.1, 0.15) is 16.6 Å². The summed E-state index contributed by atoms with van der Waals surface area (Å²) in [7, 11) is 0. The van der Waals surface area contributed by atoms with Gasteiger partial charge in [0.25, 0.3) is 0 Å². The third kappa shape index (κ3) is 2.69. The number of rotatable bonds is 3. The molecule has 5 heteroatoms. The van der Waals surface area contributed by atoms with Gasteiger partial charge in [-0.2, -0.15) is 0 Å². The Bertz CT molecular complexity index is 690. The first-order valence-corrected chi connectivity index (χ1v) is 7.14. The molecule has 1 aliphatic heterocycles. The van der Waals surface area contributed by atoms with Crippen molar-refractivity contribution in [2.75, 3.05) is 11.9 Å². The van der Waals surface area contributed by atoms with E-state index in [4.69, 9.17) is 22.7 Å². The molecule has 0 bridgehead atoms. The van der Waals surface area contributed by atoms with Gasteiger partial charge in [0.05, 0.1) is 18.2 Å². The van der Waals surface area contributed by atoms with Gasteiger partial charge in [-0.15, -0.1) is 0 Å². The molecule has 0 spiro atoms. The number of thiocarbonyl (C=S) groups is 1. The van der Waals surface area contributed by atoms with E-state index in [2.05, 4.69) is 5.32 Å². The summed E-state index contributed by atoms with van der Waals surface area (Å²) in [5.74, 6) is 0.447. The zero-order valence-corrected chi connectivity index (χ0v) is 12.1. The topological polar surface area (TPSA) is 47.3 Å². The Hall–Kier alpha value is -2.14. The largest absolute Gasteiger partial charge is 0.493 e. The van der Waals surface area contributed by atoms with Gasteiger partial charge in [-0.3, -0.25) is 0 Å². The maximum absolute atomic E-state index is 13.9. The molecule has 0 amide bonds. The Labute approximate surface area is 127 Å². The average molecular weight is 302 g/mol. The summed E-state index contributed by atoms with van der Waals surface area (Å²) in [4.78, 5) is 0.0518. The number of nitrogens with two attached hydrogens (primary N) is 1. The molecule has 1 heterocycles. The van der Waals surface area contributed by atoms with E-state index >= 15 is 0 Å². The quantitative estimate of drug-likeness (QED) is 0.853. The highest BCUT2D eigenvalue weighted by molar-refractivity contribution is 7.80. The standard InChI is InChI=1S/C16H15FN2OS/c17-11-5-3-6-13(15(11)16(18)21)19-12-8-9-20-14-7-2-1-4-10(12)14/h1-7,12,19H,8-9H2,(H2,18,21). The first-order chi connectivity index (χ1) is 10.2. The number of para-hydroxylation sites is 1. The molecule has 0 radical (unpaired) electrons. The fourth-order valence-corrected chi connectivity index (χ4v) is 2.78. The van der Waals surface area contributed by atoms with E-state index in [1.165, 1.54) is 6.07 Å². The maximum atomic E-state index is 13.9. The smallest absolute Gasteiger partial charge is 0.135 e. The number of hydrogen-bond acceptors (Lipinski definition) is 3. The van der Waals surface area contributed by atoms with E-state index in [9.17, 15) is 4.39 Å². The van der Waals surface area contributed by atoms with Crippen LogP contribution in [0.1, 0.15) is 23.6 Å². The molecule has 1 atom stereocenters. The summed E-state index contributed by atoms with van der Waals surface area (Å²) in [6, 6.07) is 12.7. The Kier molecular flexibility index (Phi) is 3.75. The van der Waals surface area contributed by atoms with Crippen LogP contribution in [0.2, 0.25) is 0 Å². The highest BCUT2D eigenvalue weighted by Gasteiger charge is 2.22. The van der Waals surface area contributed by atoms with Crippen molar-refractivity contribution in [1.82, 2.24) is 0 Å². The SMILES string of the molecule is NC(=S)c1c(F)cccc1NC1CCOc2ccccc21. The fraction of sp³-hybridized carbons (Fsp3) is 0.188. The maximum Gasteiger partial charge on any atom is 0.135 e. The van der Waals surface area contributed by atoms with E-state index in [0.717, 1.165) is 17.7 Å². The van der Waals surface area contributed by atoms with Crippen LogP contribution in [0, 0.1) is 5.82 Å². The van der Waals surface area contributed by atoms with Gasteiger partial charge in [0, 0.05) is 17.7 Å². The first-order valence-electron chi connectivity index (χ1n) is 6.73. The monoisotopic (exact) mass is 302 g/mol. The predicted molar refractivity (Wildman–Crippen MR) is 85.2 cm³/mol. The number of fused-ring (bicyclic) bond motifs is 1. The Morgan fingerprint density at radius 1 is 1.24 bits per heavy atom. The van der Waals surface area contributed by atoms with Crippen LogP contribution in [0.15, 0.2) is 42.5 Å². The number of nitrogens with one attached hydrogen (secondary N) is 1. The molecule has 3 rings (SSSR count). The Balaban J connectivity index is 1.96. The molecule has 1 aliphatic rings. The van der Waals surface area contributed by atoms with Crippen molar-refractivity contribution in [3.05, 3.63) is 59.4 Å². The minimum Gasteiger partial charge on any atom is -0.493 e. The molecule has 108 valence electrons. The molecule has 3 N–H and O–H groups in total. The number of ether oxygens (including phenoxy) is 1. The van der Waals surface area contributed by atoms with E-state index in [0.29, 0.717) is 12.3 Å². The molecular formula is C16H15FN2OS. The van der Waals surface area contributed by atoms with Gasteiger partial charge in [-0.1, -0.05) is 36.5 Å². The van der Waals surface area contributed by atoms with Crippen LogP contribution >= 0.6 is 12.2 Å². The van der Waals surface area contributed by atoms with Gasteiger partial charge >= 0.3 is 0 Å². The summed E-state index contributed by atoms with van der Waals surface area (Å²) in [5.41, 5.74) is 7.57. The second kappa shape index (κ2) is 5.69. The predicted octanol–water partition coefficient (Wildman–Crippen LogP) is 3.40. The highest BCUT2D eigenvalue weighted by atomic mass is 32.1. The molecule has 0 fully saturated rings. The van der Waals surface area contributed by atoms with Gasteiger partial charge in [0.15, 0.2) is 0 Å². The Morgan fingerprint density at radius 2 is 2.05 bits per heavy atom. The number of benzene rings is 2. The summed E-state index contributed by atoms with van der Waals surface area (Å²) < 4.78 is 19.5. The van der Waals surface area contributed by atoms with Crippen molar-refractivity contribution >= 4 is 22.9 Å². The third-order valence-electron chi connectivity index (χ3n) is 3.55. The molecule has 1 unspecified atom stereocenters. The number of hydrogen-bond donors (Lipinski definition) is 2. The van der Waals surface area contributed by atoms with Crippen molar-refractivity contribution in [2.45, 2.75) is 12.5 Å². The normalized spacial score (nSPS) is 16.7. The van der Waals surface area contributed by atoms with Crippen LogP contribution in [-0.2, 0) is 0 Å². The van der Waals surface area contributed by atoms with Crippen molar-refractivity contribution in [3.8, 4) is 5.75 Å². The lowest BCUT2D eigenvalue weighted by Gasteiger charge is -2.28. The van der Waals surface area contributed by atoms with Crippen molar-refractivity contribution in [1.29, 1.82) is 0 Å². The summed E-state index contributed by atoms with van der Waals surface area (Å²) >= 11 is 4.96. The lowest BCUT2D eigenvalue weighted by atomic mass is 9.99. The van der Waals surface area contributed by atoms with Gasteiger partial charge in [-0.25, -0.2) is 4.39 Å². The minimum absolute atomic E-state index is 0.0462. The molecule has 0 saturated heterocycles. The first kappa shape index (κ1) is 13.8. The lowest BCUT2D eigenvalue weighted by Crippen LogP contribution is -2.22. The van der Waals surface area contributed by atoms with Crippen LogP contribution in [0.25, 0.3) is 0 Å². The van der Waals surface area contributed by atoms with E-state index in [1.54, 1.807) is 12.1 Å². The zero-order chi connectivity index (χ0) is 14.8. The van der Waals surface area contributed by atoms with Crippen molar-refractivity contribution in [3.63, 3.8) is 0 Å². The number of anilines is 1. The summed E-state index contributed by atoms with van der Waals surface area (Å²) in [5, 5.41) is 3.34. The molecule has 2 aromatic rings. The lowest BCUT2D eigenvalue weighted by molar-refractivity contribution is 0.274. The van der Waals surface area contributed by atoms with Gasteiger partial charge < -0.3 is 15.8 Å². The zero-order valence-electron chi connectivity index (χ0n) is 11.3. The van der Waals surface area contributed by atoms with Crippen molar-refractivity contribution in [2.24, 2.45) is 5.73 Å².